The van der Waals surface area contributed by atoms with Gasteiger partial charge in [0.25, 0.3) is 0 Å². The molecule has 1 nitrogen and oxygen atoms in total. The van der Waals surface area contributed by atoms with Crippen LogP contribution in [-0.2, 0) is 0 Å². The molecular formula is C16H36ArFN. The van der Waals surface area contributed by atoms with Crippen LogP contribution in [0.15, 0.2) is 0 Å². The van der Waals surface area contributed by atoms with Crippen LogP contribution < -0.4 is 4.70 Å². The van der Waals surface area contributed by atoms with Crippen molar-refractivity contribution in [1.82, 2.24) is 0 Å². The van der Waals surface area contributed by atoms with Crippen molar-refractivity contribution < 1.29 is 46.9 Å². The standard InChI is InChI=1S/C16H36N.Ar.FH/c1-5-9-13-17(14-10-6-2,15-11-7-3)16-12-8-4;;/h5-16H2,1-4H3;;1H/q+1;;/p-1. The van der Waals surface area contributed by atoms with E-state index in [0.29, 0.717) is 0 Å². The van der Waals surface area contributed by atoms with Gasteiger partial charge in [-0.25, -0.2) is 0 Å². The van der Waals surface area contributed by atoms with Crippen LogP contribution in [0, 0.1) is 37.7 Å². The van der Waals surface area contributed by atoms with Crippen LogP contribution in [0.1, 0.15) is 79.1 Å². The minimum atomic E-state index is 0. The Hall–Kier alpha value is 1.15. The van der Waals surface area contributed by atoms with E-state index >= 15 is 0 Å². The summed E-state index contributed by atoms with van der Waals surface area (Å²) in [6.45, 7) is 15.0. The molecule has 0 heterocycles. The van der Waals surface area contributed by atoms with Gasteiger partial charge in [0.2, 0.25) is 0 Å². The van der Waals surface area contributed by atoms with Crippen LogP contribution in [0.3, 0.4) is 0 Å². The fourth-order valence-electron chi connectivity index (χ4n) is 2.64. The van der Waals surface area contributed by atoms with Crippen molar-refractivity contribution in [2.45, 2.75) is 79.1 Å². The minimum absolute atomic E-state index is 0. The summed E-state index contributed by atoms with van der Waals surface area (Å²) in [7, 11) is 0. The summed E-state index contributed by atoms with van der Waals surface area (Å²) in [6, 6.07) is 0. The number of halogens is 1. The second kappa shape index (κ2) is 17.2. The van der Waals surface area contributed by atoms with Gasteiger partial charge in [-0.2, -0.15) is 0 Å². The SMILES string of the molecule is CCCC[N+](CCCC)(CCCC)CCCC.[Ar].[F-]. The number of hydrogen-bond acceptors (Lipinski definition) is 0. The molecule has 120 valence electrons. The molecule has 0 aliphatic heterocycles. The quantitative estimate of drug-likeness (QED) is 0.484. The van der Waals surface area contributed by atoms with Crippen LogP contribution in [0.4, 0.5) is 0 Å². The fourth-order valence-corrected chi connectivity index (χ4v) is 2.64. The number of quaternary nitrogens is 1. The van der Waals surface area contributed by atoms with Crippen molar-refractivity contribution in [3.05, 3.63) is 0 Å². The maximum absolute atomic E-state index is 2.33. The Bertz CT molecular complexity index is 127. The third-order valence-corrected chi connectivity index (χ3v) is 3.94. The summed E-state index contributed by atoms with van der Waals surface area (Å²) >= 11 is 0. The Morgan fingerprint density at radius 1 is 0.526 bits per heavy atom. The van der Waals surface area contributed by atoms with Crippen molar-refractivity contribution in [3.63, 3.8) is 0 Å². The molecule has 0 fully saturated rings. The summed E-state index contributed by atoms with van der Waals surface area (Å²) in [5, 5.41) is 0. The third kappa shape index (κ3) is 12.6. The van der Waals surface area contributed by atoms with E-state index in [1.807, 2.05) is 0 Å². The molecule has 0 aromatic rings. The number of rotatable bonds is 12. The van der Waals surface area contributed by atoms with Crippen molar-refractivity contribution >= 4 is 0 Å². The maximum atomic E-state index is 2.33. The van der Waals surface area contributed by atoms with Crippen molar-refractivity contribution in [2.24, 2.45) is 0 Å². The molecule has 0 atom stereocenters. The van der Waals surface area contributed by atoms with Gasteiger partial charge in [-0.1, -0.05) is 53.4 Å². The van der Waals surface area contributed by atoms with Crippen LogP contribution in [0.25, 0.3) is 0 Å². The average molecular weight is 301 g/mol. The summed E-state index contributed by atoms with van der Waals surface area (Å²) in [6.07, 6.45) is 11.1. The Kier molecular flexibility index (Phi) is 22.7. The zero-order valence-electron chi connectivity index (χ0n) is 13.7. The van der Waals surface area contributed by atoms with Gasteiger partial charge in [0.05, 0.1) is 26.2 Å². The van der Waals surface area contributed by atoms with E-state index in [9.17, 15) is 0 Å². The van der Waals surface area contributed by atoms with Crippen molar-refractivity contribution in [2.75, 3.05) is 26.2 Å². The molecule has 0 saturated heterocycles. The third-order valence-electron chi connectivity index (χ3n) is 3.94. The van der Waals surface area contributed by atoms with Crippen LogP contribution >= 0.6 is 0 Å². The number of nitrogens with zero attached hydrogens (tertiary/aromatic N) is 1. The van der Waals surface area contributed by atoms with Gasteiger partial charge in [-0.05, 0) is 25.7 Å². The van der Waals surface area contributed by atoms with E-state index in [4.69, 9.17) is 0 Å². The molecule has 0 aromatic heterocycles. The summed E-state index contributed by atoms with van der Waals surface area (Å²) < 4.78 is 1.42. The van der Waals surface area contributed by atoms with Gasteiger partial charge in [-0.15, -0.1) is 0 Å². The van der Waals surface area contributed by atoms with E-state index in [2.05, 4.69) is 27.7 Å². The van der Waals surface area contributed by atoms with Gasteiger partial charge in [0.15, 0.2) is 0 Å². The predicted molar refractivity (Wildman–Crippen MR) is 79.4 cm³/mol. The molecule has 0 bridgehead atoms. The Labute approximate surface area is 151 Å². The van der Waals surface area contributed by atoms with Crippen molar-refractivity contribution in [1.29, 1.82) is 0 Å². The van der Waals surface area contributed by atoms with Gasteiger partial charge in [0.1, 0.15) is 0 Å². The number of hydrogen-bond donors (Lipinski definition) is 0. The molecule has 3 heteroatoms. The second-order valence-corrected chi connectivity index (χ2v) is 5.65. The molecule has 0 spiro atoms. The molecule has 0 aliphatic carbocycles. The largest absolute Gasteiger partial charge is 1.00 e. The van der Waals surface area contributed by atoms with E-state index < -0.39 is 0 Å². The molecule has 0 radical (unpaired) electrons. The minimum Gasteiger partial charge on any atom is -1.00 e. The first-order valence-corrected chi connectivity index (χ1v) is 8.09. The summed E-state index contributed by atoms with van der Waals surface area (Å²) in [5.41, 5.74) is 0. The Morgan fingerprint density at radius 3 is 0.895 bits per heavy atom. The normalized spacial score (nSPS) is 10.7. The van der Waals surface area contributed by atoms with Gasteiger partial charge < -0.3 is 9.19 Å². The van der Waals surface area contributed by atoms with Crippen LogP contribution in [-0.4, -0.2) is 30.7 Å². The van der Waals surface area contributed by atoms with Crippen LogP contribution in [0.2, 0.25) is 0 Å². The summed E-state index contributed by atoms with van der Waals surface area (Å²) in [4.78, 5) is 0. The monoisotopic (exact) mass is 301 g/mol. The van der Waals surface area contributed by atoms with Crippen molar-refractivity contribution in [3.8, 4) is 0 Å². The van der Waals surface area contributed by atoms with E-state index in [0.717, 1.165) is 0 Å². The zero-order valence-corrected chi connectivity index (χ0v) is 14.4. The topological polar surface area (TPSA) is 0 Å². The molecule has 0 saturated carbocycles. The van der Waals surface area contributed by atoms with Gasteiger partial charge in [-0.3, -0.25) is 0 Å². The average Bonchev–Trinajstić information content (AvgIpc) is 2.37. The van der Waals surface area contributed by atoms with Gasteiger partial charge in [0, 0.05) is 37.7 Å². The molecule has 0 amide bonds. The molecule has 19 heavy (non-hydrogen) atoms. The van der Waals surface area contributed by atoms with E-state index in [1.54, 1.807) is 0 Å². The molecule has 0 unspecified atom stereocenters. The van der Waals surface area contributed by atoms with Crippen LogP contribution in [0.5, 0.6) is 0 Å². The molecule has 0 rings (SSSR count). The maximum Gasteiger partial charge on any atom is 0.0786 e. The first-order chi connectivity index (χ1) is 8.24. The first-order valence-electron chi connectivity index (χ1n) is 8.09. The van der Waals surface area contributed by atoms with E-state index in [-0.39, 0.29) is 42.4 Å². The number of unbranched alkanes of at least 4 members (excludes halogenated alkanes) is 4. The summed E-state index contributed by atoms with van der Waals surface area (Å²) in [5.74, 6) is 0. The zero-order chi connectivity index (χ0) is 13.0. The fraction of sp³-hybridized carbons (Fsp3) is 1.00. The smallest absolute Gasteiger partial charge is 0.0786 e. The molecule has 0 aromatic carbocycles. The molecule has 0 N–H and O–H groups in total. The predicted octanol–water partition coefficient (Wildman–Crippen LogP) is 2.01. The second-order valence-electron chi connectivity index (χ2n) is 5.65. The Morgan fingerprint density at radius 2 is 0.737 bits per heavy atom. The molecule has 0 aliphatic rings. The Balaban J connectivity index is -0.00000128. The van der Waals surface area contributed by atoms with Gasteiger partial charge >= 0.3 is 0 Å². The first kappa shape index (κ1) is 25.1. The molecular weight excluding hydrogens is 265 g/mol. The van der Waals surface area contributed by atoms with E-state index in [1.165, 1.54) is 82.0 Å².